The molecule has 0 unspecified atom stereocenters. The van der Waals surface area contributed by atoms with Crippen LogP contribution in [0.5, 0.6) is 0 Å². The third-order valence-corrected chi connectivity index (χ3v) is 6.31. The minimum atomic E-state index is -0.265. The van der Waals surface area contributed by atoms with Crippen molar-refractivity contribution in [2.75, 3.05) is 24.5 Å². The van der Waals surface area contributed by atoms with Gasteiger partial charge in [-0.2, -0.15) is 0 Å². The molecule has 2 aliphatic heterocycles. The first kappa shape index (κ1) is 16.7. The summed E-state index contributed by atoms with van der Waals surface area (Å²) in [5, 5.41) is 0. The van der Waals surface area contributed by atoms with Crippen molar-refractivity contribution < 1.29 is 9.18 Å². The highest BCUT2D eigenvalue weighted by atomic mass is 32.1. The van der Waals surface area contributed by atoms with E-state index in [0.717, 1.165) is 57.5 Å². The zero-order valence-electron chi connectivity index (χ0n) is 14.2. The lowest BCUT2D eigenvalue weighted by Gasteiger charge is -2.46. The Bertz CT molecular complexity index is 724. The number of hydrogen-bond donors (Lipinski definition) is 0. The number of rotatable bonds is 3. The molecule has 3 heterocycles. The minimum Gasteiger partial charge on any atom is -0.312 e. The molecule has 1 aromatic carbocycles. The van der Waals surface area contributed by atoms with Crippen molar-refractivity contribution in [1.82, 2.24) is 9.88 Å². The lowest BCUT2D eigenvalue weighted by Crippen LogP contribution is -2.53. The molecule has 4 rings (SSSR count). The Hall–Kier alpha value is -1.79. The summed E-state index contributed by atoms with van der Waals surface area (Å²) in [7, 11) is 0. The standard InChI is InChI=1S/C19H22FN3OS/c20-15-2-4-16(5-3-15)23-9-1-6-19(18(23)24)7-10-22(11-8-19)13-17-12-21-14-25-17/h2-5,12,14H,1,6-11,13H2. The number of amides is 1. The summed E-state index contributed by atoms with van der Waals surface area (Å²) in [6.07, 6.45) is 5.72. The Labute approximate surface area is 151 Å². The first-order valence-electron chi connectivity index (χ1n) is 8.84. The quantitative estimate of drug-likeness (QED) is 0.839. The number of benzene rings is 1. The van der Waals surface area contributed by atoms with Gasteiger partial charge in [-0.05, 0) is 63.0 Å². The molecular weight excluding hydrogens is 337 g/mol. The van der Waals surface area contributed by atoms with E-state index in [1.165, 1.54) is 17.0 Å². The second kappa shape index (κ2) is 6.84. The van der Waals surface area contributed by atoms with E-state index in [4.69, 9.17) is 0 Å². The van der Waals surface area contributed by atoms with Crippen molar-refractivity contribution in [2.24, 2.45) is 5.41 Å². The lowest BCUT2D eigenvalue weighted by molar-refractivity contribution is -0.133. The van der Waals surface area contributed by atoms with Crippen LogP contribution in [-0.4, -0.2) is 35.4 Å². The third kappa shape index (κ3) is 3.33. The Kier molecular flexibility index (Phi) is 4.56. The summed E-state index contributed by atoms with van der Waals surface area (Å²) < 4.78 is 13.2. The largest absolute Gasteiger partial charge is 0.312 e. The van der Waals surface area contributed by atoms with Gasteiger partial charge in [-0.25, -0.2) is 4.39 Å². The van der Waals surface area contributed by atoms with Gasteiger partial charge in [0.2, 0.25) is 5.91 Å². The fraction of sp³-hybridized carbons (Fsp3) is 0.474. The number of carbonyl (C=O) groups excluding carboxylic acids is 1. The van der Waals surface area contributed by atoms with Crippen LogP contribution in [0.4, 0.5) is 10.1 Å². The van der Waals surface area contributed by atoms with Gasteiger partial charge in [0.25, 0.3) is 0 Å². The van der Waals surface area contributed by atoms with E-state index in [2.05, 4.69) is 9.88 Å². The van der Waals surface area contributed by atoms with E-state index in [0.29, 0.717) is 0 Å². The first-order valence-corrected chi connectivity index (χ1v) is 9.72. The van der Waals surface area contributed by atoms with E-state index in [1.54, 1.807) is 23.5 Å². The number of likely N-dealkylation sites (tertiary alicyclic amines) is 1. The van der Waals surface area contributed by atoms with Crippen LogP contribution < -0.4 is 4.90 Å². The number of thiazole rings is 1. The second-order valence-corrected chi connectivity index (χ2v) is 8.03. The molecule has 132 valence electrons. The van der Waals surface area contributed by atoms with Crippen LogP contribution in [-0.2, 0) is 11.3 Å². The number of hydrogen-bond acceptors (Lipinski definition) is 4. The average Bonchev–Trinajstić information content (AvgIpc) is 3.13. The zero-order valence-corrected chi connectivity index (χ0v) is 15.0. The Morgan fingerprint density at radius 1 is 1.12 bits per heavy atom. The Morgan fingerprint density at radius 2 is 1.88 bits per heavy atom. The molecule has 2 aliphatic rings. The molecule has 6 heteroatoms. The molecule has 25 heavy (non-hydrogen) atoms. The predicted molar refractivity (Wildman–Crippen MR) is 97.0 cm³/mol. The smallest absolute Gasteiger partial charge is 0.233 e. The molecule has 2 saturated heterocycles. The number of carbonyl (C=O) groups is 1. The van der Waals surface area contributed by atoms with E-state index in [9.17, 15) is 9.18 Å². The van der Waals surface area contributed by atoms with Crippen molar-refractivity contribution in [3.63, 3.8) is 0 Å². The highest BCUT2D eigenvalue weighted by molar-refractivity contribution is 7.09. The number of halogens is 1. The van der Waals surface area contributed by atoms with Gasteiger partial charge < -0.3 is 4.90 Å². The lowest BCUT2D eigenvalue weighted by atomic mass is 9.71. The molecule has 0 radical (unpaired) electrons. The molecule has 0 bridgehead atoms. The van der Waals surface area contributed by atoms with Crippen LogP contribution in [0.15, 0.2) is 36.0 Å². The Balaban J connectivity index is 1.45. The maximum absolute atomic E-state index is 13.2. The molecule has 2 fully saturated rings. The molecule has 0 atom stereocenters. The summed E-state index contributed by atoms with van der Waals surface area (Å²) in [5.41, 5.74) is 2.45. The summed E-state index contributed by atoms with van der Waals surface area (Å²) in [6, 6.07) is 6.29. The molecule has 2 aromatic rings. The molecule has 4 nitrogen and oxygen atoms in total. The van der Waals surface area contributed by atoms with Crippen LogP contribution in [0.2, 0.25) is 0 Å². The normalized spacial score (nSPS) is 21.0. The van der Waals surface area contributed by atoms with Gasteiger partial charge in [0.05, 0.1) is 10.9 Å². The van der Waals surface area contributed by atoms with Gasteiger partial charge in [-0.1, -0.05) is 0 Å². The molecule has 1 amide bonds. The number of aromatic nitrogens is 1. The molecule has 0 N–H and O–H groups in total. The van der Waals surface area contributed by atoms with Gasteiger partial charge in [0, 0.05) is 29.9 Å². The van der Waals surface area contributed by atoms with Gasteiger partial charge in [0.1, 0.15) is 5.82 Å². The maximum Gasteiger partial charge on any atom is 0.233 e. The fourth-order valence-electron chi connectivity index (χ4n) is 4.08. The molecular formula is C19H22FN3OS. The molecule has 1 spiro atoms. The van der Waals surface area contributed by atoms with Crippen molar-refractivity contribution in [1.29, 1.82) is 0 Å². The van der Waals surface area contributed by atoms with Gasteiger partial charge in [-0.3, -0.25) is 14.7 Å². The van der Waals surface area contributed by atoms with Crippen molar-refractivity contribution in [3.05, 3.63) is 46.7 Å². The van der Waals surface area contributed by atoms with Crippen LogP contribution in [0, 0.1) is 11.2 Å². The number of nitrogens with zero attached hydrogens (tertiary/aromatic N) is 3. The SMILES string of the molecule is O=C1N(c2ccc(F)cc2)CCCC12CCN(Cc1cncs1)CC2. The van der Waals surface area contributed by atoms with Gasteiger partial charge >= 0.3 is 0 Å². The monoisotopic (exact) mass is 359 g/mol. The van der Waals surface area contributed by atoms with Crippen molar-refractivity contribution in [3.8, 4) is 0 Å². The van der Waals surface area contributed by atoms with Crippen LogP contribution in [0.25, 0.3) is 0 Å². The highest BCUT2D eigenvalue weighted by Gasteiger charge is 2.45. The molecule has 0 aliphatic carbocycles. The summed E-state index contributed by atoms with van der Waals surface area (Å²) >= 11 is 1.68. The maximum atomic E-state index is 13.2. The first-order chi connectivity index (χ1) is 12.2. The second-order valence-electron chi connectivity index (χ2n) is 7.06. The molecule has 1 aromatic heterocycles. The predicted octanol–water partition coefficient (Wildman–Crippen LogP) is 3.69. The van der Waals surface area contributed by atoms with Gasteiger partial charge in [0.15, 0.2) is 0 Å². The summed E-state index contributed by atoms with van der Waals surface area (Å²) in [5.74, 6) is -0.0397. The summed E-state index contributed by atoms with van der Waals surface area (Å²) in [6.45, 7) is 3.55. The Morgan fingerprint density at radius 3 is 2.56 bits per heavy atom. The van der Waals surface area contributed by atoms with E-state index in [1.807, 2.05) is 16.6 Å². The van der Waals surface area contributed by atoms with Crippen LogP contribution >= 0.6 is 11.3 Å². The summed E-state index contributed by atoms with van der Waals surface area (Å²) in [4.78, 5) is 22.9. The molecule has 0 saturated carbocycles. The van der Waals surface area contributed by atoms with E-state index >= 15 is 0 Å². The van der Waals surface area contributed by atoms with E-state index in [-0.39, 0.29) is 17.1 Å². The highest BCUT2D eigenvalue weighted by Crippen LogP contribution is 2.42. The van der Waals surface area contributed by atoms with Gasteiger partial charge in [-0.15, -0.1) is 11.3 Å². The average molecular weight is 359 g/mol. The van der Waals surface area contributed by atoms with Crippen molar-refractivity contribution >= 4 is 22.9 Å². The third-order valence-electron chi connectivity index (χ3n) is 5.55. The minimum absolute atomic E-state index is 0.225. The number of piperidine rings is 2. The topological polar surface area (TPSA) is 36.4 Å². The zero-order chi connectivity index (χ0) is 17.3. The van der Waals surface area contributed by atoms with Crippen molar-refractivity contribution in [2.45, 2.75) is 32.2 Å². The number of anilines is 1. The fourth-order valence-corrected chi connectivity index (χ4v) is 4.72. The van der Waals surface area contributed by atoms with E-state index < -0.39 is 0 Å². The van der Waals surface area contributed by atoms with Crippen LogP contribution in [0.1, 0.15) is 30.6 Å². The van der Waals surface area contributed by atoms with Crippen LogP contribution in [0.3, 0.4) is 0 Å².